The molecule has 1 aromatic carbocycles. The minimum absolute atomic E-state index is 0.0127. The number of nitrogens with one attached hydrogen (secondary N) is 1. The highest BCUT2D eigenvalue weighted by Crippen LogP contribution is 2.02. The number of amides is 1. The van der Waals surface area contributed by atoms with E-state index in [1.807, 2.05) is 36.4 Å². The molecule has 112 valence electrons. The van der Waals surface area contributed by atoms with Crippen molar-refractivity contribution in [2.75, 3.05) is 6.54 Å². The Morgan fingerprint density at radius 1 is 1.38 bits per heavy atom. The summed E-state index contributed by atoms with van der Waals surface area (Å²) in [6, 6.07) is 10.7. The Labute approximate surface area is 123 Å². The molecule has 1 aromatic rings. The summed E-state index contributed by atoms with van der Waals surface area (Å²) in [6.07, 6.45) is 0.426. The molecule has 7 heteroatoms. The maximum Gasteiger partial charge on any atom is 0.408 e. The van der Waals surface area contributed by atoms with Crippen molar-refractivity contribution in [3.8, 4) is 6.07 Å². The Kier molecular flexibility index (Phi) is 7.14. The Hall–Kier alpha value is -2.75. The van der Waals surface area contributed by atoms with Crippen molar-refractivity contribution in [2.45, 2.75) is 25.5 Å². The second-order valence-electron chi connectivity index (χ2n) is 4.34. The predicted molar refractivity (Wildman–Crippen MR) is 79.1 cm³/mol. The van der Waals surface area contributed by atoms with Crippen LogP contribution in [0.25, 0.3) is 0 Å². The van der Waals surface area contributed by atoms with Crippen LogP contribution in [0.4, 0.5) is 4.79 Å². The van der Waals surface area contributed by atoms with Crippen LogP contribution in [0.3, 0.4) is 0 Å². The quantitative estimate of drug-likeness (QED) is 0.390. The normalized spacial score (nSPS) is 11.0. The van der Waals surface area contributed by atoms with Crippen LogP contribution in [0.5, 0.6) is 0 Å². The minimum atomic E-state index is -0.623. The highest BCUT2D eigenvalue weighted by molar-refractivity contribution is 5.75. The molecule has 0 aliphatic carbocycles. The highest BCUT2D eigenvalue weighted by Gasteiger charge is 2.11. The lowest BCUT2D eigenvalue weighted by molar-refractivity contribution is 0.137. The Morgan fingerprint density at radius 3 is 2.71 bits per heavy atom. The number of aliphatic imine (C=N–C) groups is 1. The monoisotopic (exact) mass is 289 g/mol. The van der Waals surface area contributed by atoms with E-state index in [9.17, 15) is 4.79 Å². The van der Waals surface area contributed by atoms with Crippen molar-refractivity contribution >= 4 is 12.1 Å². The molecular formula is C14H19N5O2. The smallest absolute Gasteiger partial charge is 0.408 e. The third kappa shape index (κ3) is 7.42. The molecule has 1 rings (SSSR count). The molecule has 0 spiro atoms. The SMILES string of the molecule is N#C[C@H](CCCN=C(N)N)NC(=O)OCc1ccccc1. The van der Waals surface area contributed by atoms with Gasteiger partial charge in [-0.3, -0.25) is 4.99 Å². The van der Waals surface area contributed by atoms with Crippen LogP contribution in [0.15, 0.2) is 35.3 Å². The fraction of sp³-hybridized carbons (Fsp3) is 0.357. The van der Waals surface area contributed by atoms with Crippen molar-refractivity contribution in [1.82, 2.24) is 5.32 Å². The fourth-order valence-electron chi connectivity index (χ4n) is 1.58. The van der Waals surface area contributed by atoms with Crippen molar-refractivity contribution in [3.63, 3.8) is 0 Å². The van der Waals surface area contributed by atoms with E-state index in [0.717, 1.165) is 5.56 Å². The number of guanidine groups is 1. The van der Waals surface area contributed by atoms with E-state index in [1.54, 1.807) is 0 Å². The molecule has 7 nitrogen and oxygen atoms in total. The maximum absolute atomic E-state index is 11.6. The van der Waals surface area contributed by atoms with Crippen LogP contribution < -0.4 is 16.8 Å². The van der Waals surface area contributed by atoms with Gasteiger partial charge >= 0.3 is 6.09 Å². The molecule has 0 saturated heterocycles. The zero-order chi connectivity index (χ0) is 15.5. The first-order valence-corrected chi connectivity index (χ1v) is 6.54. The zero-order valence-corrected chi connectivity index (χ0v) is 11.7. The first-order valence-electron chi connectivity index (χ1n) is 6.54. The molecule has 0 aromatic heterocycles. The fourth-order valence-corrected chi connectivity index (χ4v) is 1.58. The largest absolute Gasteiger partial charge is 0.445 e. The van der Waals surface area contributed by atoms with E-state index in [4.69, 9.17) is 21.5 Å². The predicted octanol–water partition coefficient (Wildman–Crippen LogP) is 0.859. The number of nitrogens with zero attached hydrogens (tertiary/aromatic N) is 2. The molecular weight excluding hydrogens is 270 g/mol. The van der Waals surface area contributed by atoms with Gasteiger partial charge in [-0.15, -0.1) is 0 Å². The molecule has 1 amide bonds. The third-order valence-electron chi connectivity index (χ3n) is 2.61. The standard InChI is InChI=1S/C14H19N5O2/c15-9-12(7-4-8-18-13(16)17)19-14(20)21-10-11-5-2-1-3-6-11/h1-3,5-6,12H,4,7-8,10H2,(H,19,20)(H4,16,17,18)/t12-/m0/s1. The Morgan fingerprint density at radius 2 is 2.10 bits per heavy atom. The van der Waals surface area contributed by atoms with E-state index in [-0.39, 0.29) is 12.6 Å². The van der Waals surface area contributed by atoms with Gasteiger partial charge in [-0.05, 0) is 18.4 Å². The first kappa shape index (κ1) is 16.3. The number of hydrogen-bond acceptors (Lipinski definition) is 4. The van der Waals surface area contributed by atoms with Crippen LogP contribution in [0.2, 0.25) is 0 Å². The second kappa shape index (κ2) is 9.20. The summed E-state index contributed by atoms with van der Waals surface area (Å²) in [4.78, 5) is 15.4. The zero-order valence-electron chi connectivity index (χ0n) is 11.7. The summed E-state index contributed by atoms with van der Waals surface area (Å²) in [5, 5.41) is 11.5. The molecule has 0 unspecified atom stereocenters. The van der Waals surface area contributed by atoms with E-state index in [2.05, 4.69) is 10.3 Å². The van der Waals surface area contributed by atoms with Gasteiger partial charge in [-0.25, -0.2) is 4.79 Å². The number of rotatable bonds is 7. The summed E-state index contributed by atoms with van der Waals surface area (Å²) in [6.45, 7) is 0.583. The Bertz CT molecular complexity index is 506. The molecule has 0 heterocycles. The van der Waals surface area contributed by atoms with Crippen molar-refractivity contribution in [3.05, 3.63) is 35.9 Å². The van der Waals surface area contributed by atoms with Gasteiger partial charge in [0.2, 0.25) is 0 Å². The van der Waals surface area contributed by atoms with E-state index >= 15 is 0 Å². The first-order chi connectivity index (χ1) is 10.1. The van der Waals surface area contributed by atoms with Crippen LogP contribution in [-0.2, 0) is 11.3 Å². The number of benzene rings is 1. The summed E-state index contributed by atoms with van der Waals surface area (Å²) in [5.41, 5.74) is 11.3. The molecule has 0 aliphatic heterocycles. The molecule has 0 saturated carbocycles. The summed E-state index contributed by atoms with van der Waals surface area (Å²) < 4.78 is 5.04. The van der Waals surface area contributed by atoms with Gasteiger partial charge in [0.25, 0.3) is 0 Å². The van der Waals surface area contributed by atoms with E-state index < -0.39 is 12.1 Å². The average Bonchev–Trinajstić information content (AvgIpc) is 2.49. The number of nitriles is 1. The number of ether oxygens (including phenoxy) is 1. The van der Waals surface area contributed by atoms with Gasteiger partial charge < -0.3 is 21.5 Å². The molecule has 0 bridgehead atoms. The van der Waals surface area contributed by atoms with E-state index in [1.165, 1.54) is 0 Å². The molecule has 0 aliphatic rings. The van der Waals surface area contributed by atoms with Crippen molar-refractivity contribution in [1.29, 1.82) is 5.26 Å². The minimum Gasteiger partial charge on any atom is -0.445 e. The highest BCUT2D eigenvalue weighted by atomic mass is 16.5. The van der Waals surface area contributed by atoms with Crippen LogP contribution in [0.1, 0.15) is 18.4 Å². The number of carbonyl (C=O) groups is 1. The van der Waals surface area contributed by atoms with Gasteiger partial charge in [0.05, 0.1) is 6.07 Å². The van der Waals surface area contributed by atoms with Gasteiger partial charge in [-0.1, -0.05) is 30.3 Å². The number of carbonyl (C=O) groups excluding carboxylic acids is 1. The summed E-state index contributed by atoms with van der Waals surface area (Å²) in [7, 11) is 0. The van der Waals surface area contributed by atoms with Gasteiger partial charge in [0.1, 0.15) is 12.6 Å². The maximum atomic E-state index is 11.6. The summed E-state index contributed by atoms with van der Waals surface area (Å²) >= 11 is 0. The second-order valence-corrected chi connectivity index (χ2v) is 4.34. The number of nitrogens with two attached hydrogens (primary N) is 2. The van der Waals surface area contributed by atoms with Crippen molar-refractivity contribution < 1.29 is 9.53 Å². The summed E-state index contributed by atoms with van der Waals surface area (Å²) in [5.74, 6) is 0.0127. The third-order valence-corrected chi connectivity index (χ3v) is 2.61. The lowest BCUT2D eigenvalue weighted by Crippen LogP contribution is -2.34. The Balaban J connectivity index is 2.27. The number of alkyl carbamates (subject to hydrolysis) is 1. The van der Waals surface area contributed by atoms with Crippen LogP contribution >= 0.6 is 0 Å². The van der Waals surface area contributed by atoms with Gasteiger partial charge in [0.15, 0.2) is 5.96 Å². The van der Waals surface area contributed by atoms with E-state index in [0.29, 0.717) is 19.4 Å². The van der Waals surface area contributed by atoms with Gasteiger partial charge in [-0.2, -0.15) is 5.26 Å². The van der Waals surface area contributed by atoms with Crippen LogP contribution in [-0.4, -0.2) is 24.6 Å². The lowest BCUT2D eigenvalue weighted by atomic mass is 10.2. The molecule has 0 fully saturated rings. The average molecular weight is 289 g/mol. The molecule has 21 heavy (non-hydrogen) atoms. The van der Waals surface area contributed by atoms with Gasteiger partial charge in [0, 0.05) is 6.54 Å². The lowest BCUT2D eigenvalue weighted by Gasteiger charge is -2.11. The number of hydrogen-bond donors (Lipinski definition) is 3. The van der Waals surface area contributed by atoms with Crippen LogP contribution in [0, 0.1) is 11.3 Å². The van der Waals surface area contributed by atoms with Crippen molar-refractivity contribution in [2.24, 2.45) is 16.5 Å². The molecule has 1 atom stereocenters. The molecule has 0 radical (unpaired) electrons. The molecule has 5 N–H and O–H groups in total. The topological polar surface area (TPSA) is 127 Å².